The van der Waals surface area contributed by atoms with Crippen molar-refractivity contribution in [3.8, 4) is 0 Å². The number of amides is 2. The van der Waals surface area contributed by atoms with Gasteiger partial charge >= 0.3 is 0 Å². The molecule has 4 heteroatoms. The molecule has 2 aromatic carbocycles. The molecule has 1 fully saturated rings. The molecule has 0 radical (unpaired) electrons. The monoisotopic (exact) mass is 336 g/mol. The fourth-order valence-corrected chi connectivity index (χ4v) is 3.21. The molecule has 3 rings (SSSR count). The number of nitrogens with zero attached hydrogens (tertiary/aromatic N) is 1. The highest BCUT2D eigenvalue weighted by Crippen LogP contribution is 2.28. The Morgan fingerprint density at radius 2 is 1.80 bits per heavy atom. The Hall–Kier alpha value is -2.62. The second-order valence-corrected chi connectivity index (χ2v) is 6.97. The van der Waals surface area contributed by atoms with Crippen molar-refractivity contribution < 1.29 is 9.59 Å². The van der Waals surface area contributed by atoms with Crippen molar-refractivity contribution in [2.24, 2.45) is 5.92 Å². The van der Waals surface area contributed by atoms with E-state index in [1.165, 1.54) is 0 Å². The van der Waals surface area contributed by atoms with Crippen LogP contribution in [0.2, 0.25) is 0 Å². The Morgan fingerprint density at radius 1 is 1.12 bits per heavy atom. The standard InChI is InChI=1S/C21H24N2O2/c1-14(2)18-6-4-5-7-19(18)22-21(25)16-12-20(24)23(13-16)17-10-8-15(3)9-11-17/h4-11,14,16H,12-13H2,1-3H3,(H,22,25). The van der Waals surface area contributed by atoms with E-state index in [9.17, 15) is 9.59 Å². The van der Waals surface area contributed by atoms with Crippen LogP contribution in [0.1, 0.15) is 37.3 Å². The zero-order valence-electron chi connectivity index (χ0n) is 15.0. The molecule has 1 aliphatic rings. The van der Waals surface area contributed by atoms with Crippen LogP contribution in [0.5, 0.6) is 0 Å². The molecule has 1 atom stereocenters. The largest absolute Gasteiger partial charge is 0.326 e. The lowest BCUT2D eigenvalue weighted by atomic mass is 10.0. The highest BCUT2D eigenvalue weighted by atomic mass is 16.2. The van der Waals surface area contributed by atoms with Crippen LogP contribution in [-0.4, -0.2) is 18.4 Å². The number of nitrogens with one attached hydrogen (secondary N) is 1. The molecule has 1 unspecified atom stereocenters. The first-order valence-corrected chi connectivity index (χ1v) is 8.72. The Labute approximate surface area is 148 Å². The lowest BCUT2D eigenvalue weighted by Crippen LogP contribution is -2.28. The summed E-state index contributed by atoms with van der Waals surface area (Å²) >= 11 is 0. The average molecular weight is 336 g/mol. The molecule has 4 nitrogen and oxygen atoms in total. The van der Waals surface area contributed by atoms with Crippen LogP contribution in [0, 0.1) is 12.8 Å². The van der Waals surface area contributed by atoms with Crippen LogP contribution in [0.3, 0.4) is 0 Å². The van der Waals surface area contributed by atoms with Crippen LogP contribution in [0.4, 0.5) is 11.4 Å². The van der Waals surface area contributed by atoms with Gasteiger partial charge in [-0.2, -0.15) is 0 Å². The maximum Gasteiger partial charge on any atom is 0.229 e. The molecule has 0 spiro atoms. The summed E-state index contributed by atoms with van der Waals surface area (Å²) in [6.07, 6.45) is 0.254. The number of hydrogen-bond donors (Lipinski definition) is 1. The number of hydrogen-bond acceptors (Lipinski definition) is 2. The van der Waals surface area contributed by atoms with Crippen LogP contribution >= 0.6 is 0 Å². The number of anilines is 2. The number of carbonyl (C=O) groups is 2. The van der Waals surface area contributed by atoms with E-state index in [0.717, 1.165) is 22.5 Å². The summed E-state index contributed by atoms with van der Waals surface area (Å²) in [5, 5.41) is 3.02. The molecule has 0 aliphatic carbocycles. The number of aryl methyl sites for hydroxylation is 1. The topological polar surface area (TPSA) is 49.4 Å². The van der Waals surface area contributed by atoms with Gasteiger partial charge in [0, 0.05) is 24.3 Å². The molecule has 1 saturated heterocycles. The highest BCUT2D eigenvalue weighted by molar-refractivity contribution is 6.03. The fraction of sp³-hybridized carbons (Fsp3) is 0.333. The lowest BCUT2D eigenvalue weighted by molar-refractivity contribution is -0.122. The number of para-hydroxylation sites is 1. The summed E-state index contributed by atoms with van der Waals surface area (Å²) in [5.41, 5.74) is 3.95. The quantitative estimate of drug-likeness (QED) is 0.913. The van der Waals surface area contributed by atoms with E-state index in [-0.39, 0.29) is 24.2 Å². The van der Waals surface area contributed by atoms with Crippen molar-refractivity contribution in [1.29, 1.82) is 0 Å². The molecule has 1 heterocycles. The SMILES string of the molecule is Cc1ccc(N2CC(C(=O)Nc3ccccc3C(C)C)CC2=O)cc1. The smallest absolute Gasteiger partial charge is 0.229 e. The van der Waals surface area contributed by atoms with Gasteiger partial charge in [0.25, 0.3) is 0 Å². The van der Waals surface area contributed by atoms with Gasteiger partial charge in [-0.15, -0.1) is 0 Å². The van der Waals surface area contributed by atoms with Gasteiger partial charge in [-0.1, -0.05) is 49.7 Å². The van der Waals surface area contributed by atoms with Crippen LogP contribution in [0.15, 0.2) is 48.5 Å². The average Bonchev–Trinajstić information content (AvgIpc) is 2.98. The second-order valence-electron chi connectivity index (χ2n) is 6.97. The minimum Gasteiger partial charge on any atom is -0.326 e. The minimum atomic E-state index is -0.325. The van der Waals surface area contributed by atoms with E-state index < -0.39 is 0 Å². The third kappa shape index (κ3) is 3.73. The predicted octanol–water partition coefficient (Wildman–Crippen LogP) is 4.11. The van der Waals surface area contributed by atoms with E-state index in [2.05, 4.69) is 19.2 Å². The zero-order chi connectivity index (χ0) is 18.0. The Kier molecular flexibility index (Phi) is 4.88. The van der Waals surface area contributed by atoms with Crippen LogP contribution in [0.25, 0.3) is 0 Å². The van der Waals surface area contributed by atoms with Gasteiger partial charge < -0.3 is 10.2 Å². The maximum atomic E-state index is 12.7. The molecular weight excluding hydrogens is 312 g/mol. The highest BCUT2D eigenvalue weighted by Gasteiger charge is 2.35. The summed E-state index contributed by atoms with van der Waals surface area (Å²) in [6.45, 7) is 6.64. The van der Waals surface area contributed by atoms with Gasteiger partial charge in [0.1, 0.15) is 0 Å². The van der Waals surface area contributed by atoms with Gasteiger partial charge in [0.15, 0.2) is 0 Å². The predicted molar refractivity (Wildman–Crippen MR) is 101 cm³/mol. The molecule has 0 aromatic heterocycles. The molecular formula is C21H24N2O2. The minimum absolute atomic E-state index is 0.00106. The molecule has 2 amide bonds. The summed E-state index contributed by atoms with van der Waals surface area (Å²) in [7, 11) is 0. The Morgan fingerprint density at radius 3 is 2.48 bits per heavy atom. The summed E-state index contributed by atoms with van der Waals surface area (Å²) < 4.78 is 0. The second kappa shape index (κ2) is 7.09. The molecule has 130 valence electrons. The van der Waals surface area contributed by atoms with Crippen molar-refractivity contribution in [2.75, 3.05) is 16.8 Å². The van der Waals surface area contributed by atoms with Crippen molar-refractivity contribution in [2.45, 2.75) is 33.1 Å². The van der Waals surface area contributed by atoms with Gasteiger partial charge in [-0.3, -0.25) is 9.59 Å². The normalized spacial score (nSPS) is 17.2. The lowest BCUT2D eigenvalue weighted by Gasteiger charge is -2.18. The molecule has 2 aromatic rings. The molecule has 25 heavy (non-hydrogen) atoms. The molecule has 1 aliphatic heterocycles. The summed E-state index contributed by atoms with van der Waals surface area (Å²) in [4.78, 5) is 26.7. The Balaban J connectivity index is 1.72. The molecule has 1 N–H and O–H groups in total. The van der Waals surface area contributed by atoms with Crippen molar-refractivity contribution in [1.82, 2.24) is 0 Å². The van der Waals surface area contributed by atoms with Crippen molar-refractivity contribution in [3.63, 3.8) is 0 Å². The van der Waals surface area contributed by atoms with Crippen molar-refractivity contribution in [3.05, 3.63) is 59.7 Å². The summed E-state index contributed by atoms with van der Waals surface area (Å²) in [5.74, 6) is -0.0861. The number of benzene rings is 2. The van der Waals surface area contributed by atoms with E-state index in [4.69, 9.17) is 0 Å². The maximum absolute atomic E-state index is 12.7. The van der Waals surface area contributed by atoms with Gasteiger partial charge in [0.2, 0.25) is 11.8 Å². The van der Waals surface area contributed by atoms with Crippen molar-refractivity contribution >= 4 is 23.2 Å². The van der Waals surface area contributed by atoms with Crippen LogP contribution < -0.4 is 10.2 Å². The van der Waals surface area contributed by atoms with Crippen LogP contribution in [-0.2, 0) is 9.59 Å². The van der Waals surface area contributed by atoms with E-state index in [1.54, 1.807) is 4.90 Å². The van der Waals surface area contributed by atoms with E-state index in [1.807, 2.05) is 55.5 Å². The van der Waals surface area contributed by atoms with E-state index >= 15 is 0 Å². The Bertz CT molecular complexity index is 781. The third-order valence-electron chi connectivity index (χ3n) is 4.68. The molecule has 0 bridgehead atoms. The first kappa shape index (κ1) is 17.2. The van der Waals surface area contributed by atoms with E-state index in [0.29, 0.717) is 12.5 Å². The number of carbonyl (C=O) groups excluding carboxylic acids is 2. The third-order valence-corrected chi connectivity index (χ3v) is 4.68. The number of rotatable bonds is 4. The van der Waals surface area contributed by atoms with Gasteiger partial charge in [-0.25, -0.2) is 0 Å². The zero-order valence-corrected chi connectivity index (χ0v) is 15.0. The first-order valence-electron chi connectivity index (χ1n) is 8.72. The molecule has 0 saturated carbocycles. The summed E-state index contributed by atoms with van der Waals surface area (Å²) in [6, 6.07) is 15.7. The van der Waals surface area contributed by atoms with Gasteiger partial charge in [0.05, 0.1) is 5.92 Å². The van der Waals surface area contributed by atoms with Gasteiger partial charge in [-0.05, 0) is 36.6 Å². The first-order chi connectivity index (χ1) is 12.0. The fourth-order valence-electron chi connectivity index (χ4n) is 3.21.